The molecule has 3 heteroatoms. The lowest BCUT2D eigenvalue weighted by molar-refractivity contribution is 0.352. The van der Waals surface area contributed by atoms with Crippen molar-refractivity contribution in [2.45, 2.75) is 6.92 Å². The van der Waals surface area contributed by atoms with E-state index in [2.05, 4.69) is 11.7 Å². The molecule has 1 aromatic heterocycles. The van der Waals surface area contributed by atoms with Crippen LogP contribution >= 0.6 is 0 Å². The maximum atomic E-state index is 5.31. The van der Waals surface area contributed by atoms with E-state index in [1.165, 1.54) is 0 Å². The molecule has 0 aliphatic carbocycles. The molecule has 0 aliphatic heterocycles. The minimum absolute atomic E-state index is 0.561. The zero-order valence-electron chi connectivity index (χ0n) is 6.87. The van der Waals surface area contributed by atoms with E-state index in [0.29, 0.717) is 6.61 Å². The van der Waals surface area contributed by atoms with Crippen molar-refractivity contribution in [3.05, 3.63) is 24.5 Å². The van der Waals surface area contributed by atoms with E-state index in [4.69, 9.17) is 4.74 Å². The van der Waals surface area contributed by atoms with Crippen LogP contribution in [0.4, 0.5) is 0 Å². The molecular weight excluding hydrogens is 140 g/mol. The Balaban J connectivity index is 2.45. The SMILES string of the molecule is C=C(C)COc1cnn(C)c1. The summed E-state index contributed by atoms with van der Waals surface area (Å²) in [5.74, 6) is 0.788. The molecule has 3 nitrogen and oxygen atoms in total. The van der Waals surface area contributed by atoms with E-state index in [9.17, 15) is 0 Å². The van der Waals surface area contributed by atoms with Crippen LogP contribution in [-0.2, 0) is 7.05 Å². The third kappa shape index (κ3) is 2.45. The smallest absolute Gasteiger partial charge is 0.157 e. The molecule has 0 N–H and O–H groups in total. The van der Waals surface area contributed by atoms with Gasteiger partial charge in [0.05, 0.1) is 12.4 Å². The predicted octanol–water partition coefficient (Wildman–Crippen LogP) is 1.38. The first-order valence-electron chi connectivity index (χ1n) is 3.44. The van der Waals surface area contributed by atoms with E-state index in [-0.39, 0.29) is 0 Å². The highest BCUT2D eigenvalue weighted by atomic mass is 16.5. The first kappa shape index (κ1) is 7.85. The van der Waals surface area contributed by atoms with Gasteiger partial charge in [-0.1, -0.05) is 6.58 Å². The van der Waals surface area contributed by atoms with Crippen LogP contribution in [0.2, 0.25) is 0 Å². The summed E-state index contributed by atoms with van der Waals surface area (Å²) in [6.45, 7) is 6.21. The van der Waals surface area contributed by atoms with Crippen molar-refractivity contribution in [2.24, 2.45) is 7.05 Å². The summed E-state index contributed by atoms with van der Waals surface area (Å²) in [5.41, 5.74) is 1.01. The fourth-order valence-electron chi connectivity index (χ4n) is 0.680. The second-order valence-corrected chi connectivity index (χ2v) is 2.60. The lowest BCUT2D eigenvalue weighted by atomic mass is 10.4. The first-order valence-corrected chi connectivity index (χ1v) is 3.44. The summed E-state index contributed by atoms with van der Waals surface area (Å²) >= 11 is 0. The molecule has 11 heavy (non-hydrogen) atoms. The highest BCUT2D eigenvalue weighted by molar-refractivity contribution is 5.12. The zero-order chi connectivity index (χ0) is 8.27. The van der Waals surface area contributed by atoms with E-state index >= 15 is 0 Å². The molecule has 1 heterocycles. The molecule has 1 rings (SSSR count). The molecule has 0 aliphatic rings. The van der Waals surface area contributed by atoms with Gasteiger partial charge in [0.15, 0.2) is 5.75 Å². The molecule has 0 unspecified atom stereocenters. The average molecular weight is 152 g/mol. The van der Waals surface area contributed by atoms with Gasteiger partial charge in [0.2, 0.25) is 0 Å². The normalized spacial score (nSPS) is 9.64. The monoisotopic (exact) mass is 152 g/mol. The van der Waals surface area contributed by atoms with Crippen LogP contribution in [0.15, 0.2) is 24.5 Å². The number of hydrogen-bond donors (Lipinski definition) is 0. The number of aryl methyl sites for hydroxylation is 1. The lowest BCUT2D eigenvalue weighted by Crippen LogP contribution is -1.96. The number of nitrogens with zero attached hydrogens (tertiary/aromatic N) is 2. The van der Waals surface area contributed by atoms with Gasteiger partial charge in [-0.25, -0.2) is 0 Å². The zero-order valence-corrected chi connectivity index (χ0v) is 6.87. The highest BCUT2D eigenvalue weighted by Gasteiger charge is 1.94. The van der Waals surface area contributed by atoms with Crippen molar-refractivity contribution in [3.8, 4) is 5.75 Å². The van der Waals surface area contributed by atoms with E-state index in [1.54, 1.807) is 10.9 Å². The lowest BCUT2D eigenvalue weighted by Gasteiger charge is -2.00. The van der Waals surface area contributed by atoms with Gasteiger partial charge >= 0.3 is 0 Å². The van der Waals surface area contributed by atoms with Gasteiger partial charge < -0.3 is 4.74 Å². The average Bonchev–Trinajstić information content (AvgIpc) is 2.31. The molecule has 0 radical (unpaired) electrons. The number of aromatic nitrogens is 2. The van der Waals surface area contributed by atoms with Crippen molar-refractivity contribution in [3.63, 3.8) is 0 Å². The van der Waals surface area contributed by atoms with Crippen molar-refractivity contribution < 1.29 is 4.74 Å². The quantitative estimate of drug-likeness (QED) is 0.612. The summed E-state index contributed by atoms with van der Waals surface area (Å²) in [5, 5.41) is 3.96. The second-order valence-electron chi connectivity index (χ2n) is 2.60. The minimum Gasteiger partial charge on any atom is -0.486 e. The van der Waals surface area contributed by atoms with Crippen LogP contribution in [0.1, 0.15) is 6.92 Å². The molecule has 0 fully saturated rings. The van der Waals surface area contributed by atoms with Gasteiger partial charge in [-0.2, -0.15) is 5.10 Å². The molecule has 0 saturated heterocycles. The van der Waals surface area contributed by atoms with E-state index in [1.807, 2.05) is 20.2 Å². The molecule has 0 amide bonds. The Morgan fingerprint density at radius 3 is 3.00 bits per heavy atom. The summed E-state index contributed by atoms with van der Waals surface area (Å²) < 4.78 is 7.01. The van der Waals surface area contributed by atoms with Crippen molar-refractivity contribution in [1.29, 1.82) is 0 Å². The summed E-state index contributed by atoms with van der Waals surface area (Å²) in [6.07, 6.45) is 3.51. The van der Waals surface area contributed by atoms with E-state index in [0.717, 1.165) is 11.3 Å². The van der Waals surface area contributed by atoms with E-state index < -0.39 is 0 Å². The Labute approximate surface area is 66.3 Å². The molecule has 1 aromatic rings. The predicted molar refractivity (Wildman–Crippen MR) is 43.5 cm³/mol. The molecule has 0 aromatic carbocycles. The number of ether oxygens (including phenoxy) is 1. The Kier molecular flexibility index (Phi) is 2.31. The van der Waals surface area contributed by atoms with Crippen LogP contribution in [0, 0.1) is 0 Å². The fraction of sp³-hybridized carbons (Fsp3) is 0.375. The van der Waals surface area contributed by atoms with Gasteiger partial charge in [0.25, 0.3) is 0 Å². The molecule has 0 saturated carbocycles. The van der Waals surface area contributed by atoms with Crippen LogP contribution in [-0.4, -0.2) is 16.4 Å². The number of hydrogen-bond acceptors (Lipinski definition) is 2. The Morgan fingerprint density at radius 1 is 1.82 bits per heavy atom. The minimum atomic E-state index is 0.561. The Morgan fingerprint density at radius 2 is 2.55 bits per heavy atom. The standard InChI is InChI=1S/C8H12N2O/c1-7(2)6-11-8-4-9-10(3)5-8/h4-5H,1,6H2,2-3H3. The third-order valence-corrected chi connectivity index (χ3v) is 1.17. The van der Waals surface area contributed by atoms with Gasteiger partial charge in [0, 0.05) is 7.05 Å². The fourth-order valence-corrected chi connectivity index (χ4v) is 0.680. The highest BCUT2D eigenvalue weighted by Crippen LogP contribution is 2.07. The Hall–Kier alpha value is -1.25. The van der Waals surface area contributed by atoms with Crippen molar-refractivity contribution >= 4 is 0 Å². The largest absolute Gasteiger partial charge is 0.486 e. The first-order chi connectivity index (χ1) is 5.18. The summed E-state index contributed by atoms with van der Waals surface area (Å²) in [7, 11) is 1.85. The summed E-state index contributed by atoms with van der Waals surface area (Å²) in [4.78, 5) is 0. The van der Waals surface area contributed by atoms with Crippen LogP contribution in [0.25, 0.3) is 0 Å². The van der Waals surface area contributed by atoms with Crippen molar-refractivity contribution in [2.75, 3.05) is 6.61 Å². The molecule has 0 spiro atoms. The van der Waals surface area contributed by atoms with Crippen LogP contribution < -0.4 is 4.74 Å². The third-order valence-electron chi connectivity index (χ3n) is 1.17. The maximum absolute atomic E-state index is 5.31. The molecular formula is C8H12N2O. The van der Waals surface area contributed by atoms with Crippen molar-refractivity contribution in [1.82, 2.24) is 9.78 Å². The Bertz CT molecular complexity index is 252. The van der Waals surface area contributed by atoms with Gasteiger partial charge in [-0.3, -0.25) is 4.68 Å². The molecule has 0 bridgehead atoms. The van der Waals surface area contributed by atoms with Crippen LogP contribution in [0.5, 0.6) is 5.75 Å². The van der Waals surface area contributed by atoms with Gasteiger partial charge in [0.1, 0.15) is 6.61 Å². The van der Waals surface area contributed by atoms with Gasteiger partial charge in [-0.15, -0.1) is 0 Å². The van der Waals surface area contributed by atoms with Crippen LogP contribution in [0.3, 0.4) is 0 Å². The topological polar surface area (TPSA) is 27.1 Å². The maximum Gasteiger partial charge on any atom is 0.157 e. The second kappa shape index (κ2) is 3.23. The molecule has 60 valence electrons. The summed E-state index contributed by atoms with van der Waals surface area (Å²) in [6, 6.07) is 0. The van der Waals surface area contributed by atoms with Gasteiger partial charge in [-0.05, 0) is 12.5 Å². The number of rotatable bonds is 3. The molecule has 0 atom stereocenters.